The predicted molar refractivity (Wildman–Crippen MR) is 64.7 cm³/mol. The fourth-order valence-electron chi connectivity index (χ4n) is 1.35. The summed E-state index contributed by atoms with van der Waals surface area (Å²) in [4.78, 5) is 3.93. The fraction of sp³-hybridized carbons (Fsp3) is 0.154. The first kappa shape index (κ1) is 11.9. The molecule has 0 spiro atoms. The summed E-state index contributed by atoms with van der Waals surface area (Å²) in [6.45, 7) is 1.98. The lowest BCUT2D eigenvalue weighted by Crippen LogP contribution is -1.97. The molecular formula is C13H11ClFNO. The minimum absolute atomic E-state index is 0.273. The quantitative estimate of drug-likeness (QED) is 0.775. The predicted octanol–water partition coefficient (Wildman–Crippen LogP) is 3.76. The number of benzene rings is 1. The molecule has 0 saturated carbocycles. The van der Waals surface area contributed by atoms with E-state index in [0.717, 1.165) is 5.56 Å². The molecule has 2 aromatic rings. The molecule has 0 atom stereocenters. The topological polar surface area (TPSA) is 22.1 Å². The van der Waals surface area contributed by atoms with Crippen molar-refractivity contribution in [2.75, 3.05) is 0 Å². The third kappa shape index (κ3) is 2.94. The molecule has 0 amide bonds. The van der Waals surface area contributed by atoms with Gasteiger partial charge in [-0.15, -0.1) is 0 Å². The zero-order chi connectivity index (χ0) is 12.3. The SMILES string of the molecule is Cc1ccc(OCc2cccnc2Cl)cc1F. The van der Waals surface area contributed by atoms with E-state index in [0.29, 0.717) is 16.5 Å². The van der Waals surface area contributed by atoms with Gasteiger partial charge in [0.05, 0.1) is 0 Å². The molecule has 0 unspecified atom stereocenters. The van der Waals surface area contributed by atoms with Crippen LogP contribution in [0.3, 0.4) is 0 Å². The summed E-state index contributed by atoms with van der Waals surface area (Å²) in [7, 11) is 0. The number of ether oxygens (including phenoxy) is 1. The summed E-state index contributed by atoms with van der Waals surface area (Å²) in [5.74, 6) is 0.202. The van der Waals surface area contributed by atoms with Crippen LogP contribution in [0.1, 0.15) is 11.1 Å². The van der Waals surface area contributed by atoms with Crippen LogP contribution in [-0.2, 0) is 6.61 Å². The van der Waals surface area contributed by atoms with Crippen molar-refractivity contribution in [1.82, 2.24) is 4.98 Å². The molecule has 88 valence electrons. The third-order valence-corrected chi connectivity index (χ3v) is 2.71. The highest BCUT2D eigenvalue weighted by Gasteiger charge is 2.03. The minimum atomic E-state index is -0.278. The van der Waals surface area contributed by atoms with Crippen LogP contribution in [0, 0.1) is 12.7 Å². The van der Waals surface area contributed by atoms with E-state index >= 15 is 0 Å². The van der Waals surface area contributed by atoms with E-state index in [9.17, 15) is 4.39 Å². The molecule has 2 rings (SSSR count). The van der Waals surface area contributed by atoms with Gasteiger partial charge in [-0.25, -0.2) is 9.37 Å². The van der Waals surface area contributed by atoms with Crippen LogP contribution in [0.4, 0.5) is 4.39 Å². The highest BCUT2D eigenvalue weighted by molar-refractivity contribution is 6.30. The second-order valence-electron chi connectivity index (χ2n) is 3.65. The molecule has 0 aliphatic carbocycles. The number of pyridine rings is 1. The molecule has 0 radical (unpaired) electrons. The first-order chi connectivity index (χ1) is 8.16. The Hall–Kier alpha value is -1.61. The van der Waals surface area contributed by atoms with Crippen LogP contribution in [0.15, 0.2) is 36.5 Å². The summed E-state index contributed by atoms with van der Waals surface area (Å²) < 4.78 is 18.7. The molecular weight excluding hydrogens is 241 g/mol. The largest absolute Gasteiger partial charge is 0.489 e. The Labute approximate surface area is 104 Å². The van der Waals surface area contributed by atoms with Crippen LogP contribution < -0.4 is 4.74 Å². The molecule has 0 N–H and O–H groups in total. The zero-order valence-electron chi connectivity index (χ0n) is 9.28. The Balaban J connectivity index is 2.08. The summed E-state index contributed by atoms with van der Waals surface area (Å²) in [6.07, 6.45) is 1.61. The fourth-order valence-corrected chi connectivity index (χ4v) is 1.53. The van der Waals surface area contributed by atoms with Gasteiger partial charge >= 0.3 is 0 Å². The first-order valence-electron chi connectivity index (χ1n) is 5.15. The molecule has 1 heterocycles. The number of aryl methyl sites for hydroxylation is 1. The minimum Gasteiger partial charge on any atom is -0.489 e. The monoisotopic (exact) mass is 251 g/mol. The standard InChI is InChI=1S/C13H11ClFNO/c1-9-4-5-11(7-12(9)15)17-8-10-3-2-6-16-13(10)14/h2-7H,8H2,1H3. The molecule has 0 fully saturated rings. The second-order valence-corrected chi connectivity index (χ2v) is 4.01. The van der Waals surface area contributed by atoms with Gasteiger partial charge in [-0.2, -0.15) is 0 Å². The van der Waals surface area contributed by atoms with Crippen LogP contribution in [0.25, 0.3) is 0 Å². The van der Waals surface area contributed by atoms with Gasteiger partial charge in [-0.3, -0.25) is 0 Å². The lowest BCUT2D eigenvalue weighted by molar-refractivity contribution is 0.304. The van der Waals surface area contributed by atoms with Gasteiger partial charge < -0.3 is 4.74 Å². The Bertz CT molecular complexity index is 531. The van der Waals surface area contributed by atoms with E-state index in [1.165, 1.54) is 6.07 Å². The van der Waals surface area contributed by atoms with Gasteiger partial charge in [0, 0.05) is 17.8 Å². The number of aromatic nitrogens is 1. The Morgan fingerprint density at radius 1 is 1.35 bits per heavy atom. The van der Waals surface area contributed by atoms with Crippen molar-refractivity contribution in [1.29, 1.82) is 0 Å². The summed E-state index contributed by atoms with van der Waals surface area (Å²) >= 11 is 5.88. The average Bonchev–Trinajstić information content (AvgIpc) is 2.32. The summed E-state index contributed by atoms with van der Waals surface area (Å²) in [6, 6.07) is 8.36. The maximum atomic E-state index is 13.3. The van der Waals surface area contributed by atoms with Gasteiger partial charge in [0.1, 0.15) is 23.3 Å². The molecule has 0 aliphatic rings. The Morgan fingerprint density at radius 3 is 2.88 bits per heavy atom. The van der Waals surface area contributed by atoms with Gasteiger partial charge in [0.15, 0.2) is 0 Å². The maximum absolute atomic E-state index is 13.3. The number of hydrogen-bond donors (Lipinski definition) is 0. The number of hydrogen-bond acceptors (Lipinski definition) is 2. The van der Waals surface area contributed by atoms with Crippen molar-refractivity contribution in [2.24, 2.45) is 0 Å². The van der Waals surface area contributed by atoms with Gasteiger partial charge in [-0.1, -0.05) is 23.7 Å². The highest BCUT2D eigenvalue weighted by Crippen LogP contribution is 2.19. The van der Waals surface area contributed by atoms with Gasteiger partial charge in [0.25, 0.3) is 0 Å². The van der Waals surface area contributed by atoms with Crippen molar-refractivity contribution in [2.45, 2.75) is 13.5 Å². The van der Waals surface area contributed by atoms with E-state index < -0.39 is 0 Å². The third-order valence-electron chi connectivity index (χ3n) is 2.37. The molecule has 1 aromatic carbocycles. The molecule has 17 heavy (non-hydrogen) atoms. The average molecular weight is 252 g/mol. The molecule has 0 bridgehead atoms. The maximum Gasteiger partial charge on any atom is 0.135 e. The van der Waals surface area contributed by atoms with Crippen molar-refractivity contribution in [3.8, 4) is 5.75 Å². The molecule has 0 aliphatic heterocycles. The van der Waals surface area contributed by atoms with Crippen molar-refractivity contribution >= 4 is 11.6 Å². The number of halogens is 2. The number of rotatable bonds is 3. The van der Waals surface area contributed by atoms with Gasteiger partial charge in [-0.05, 0) is 24.6 Å². The highest BCUT2D eigenvalue weighted by atomic mass is 35.5. The first-order valence-corrected chi connectivity index (χ1v) is 5.53. The molecule has 1 aromatic heterocycles. The van der Waals surface area contributed by atoms with Crippen LogP contribution in [0.5, 0.6) is 5.75 Å². The van der Waals surface area contributed by atoms with E-state index in [4.69, 9.17) is 16.3 Å². The van der Waals surface area contributed by atoms with E-state index in [2.05, 4.69) is 4.98 Å². The lowest BCUT2D eigenvalue weighted by atomic mass is 10.2. The van der Waals surface area contributed by atoms with E-state index in [1.807, 2.05) is 6.07 Å². The van der Waals surface area contributed by atoms with Crippen LogP contribution >= 0.6 is 11.6 Å². The van der Waals surface area contributed by atoms with Crippen LogP contribution in [0.2, 0.25) is 5.15 Å². The van der Waals surface area contributed by atoms with Crippen molar-refractivity contribution < 1.29 is 9.13 Å². The molecule has 2 nitrogen and oxygen atoms in total. The summed E-state index contributed by atoms with van der Waals surface area (Å²) in [5.41, 5.74) is 1.37. The smallest absolute Gasteiger partial charge is 0.135 e. The van der Waals surface area contributed by atoms with E-state index in [1.54, 1.807) is 31.3 Å². The zero-order valence-corrected chi connectivity index (χ0v) is 10.0. The Morgan fingerprint density at radius 2 is 2.18 bits per heavy atom. The number of nitrogens with zero attached hydrogens (tertiary/aromatic N) is 1. The normalized spacial score (nSPS) is 10.3. The van der Waals surface area contributed by atoms with Gasteiger partial charge in [0.2, 0.25) is 0 Å². The molecule has 4 heteroatoms. The Kier molecular flexibility index (Phi) is 3.59. The van der Waals surface area contributed by atoms with Crippen molar-refractivity contribution in [3.05, 3.63) is 58.6 Å². The lowest BCUT2D eigenvalue weighted by Gasteiger charge is -2.07. The second kappa shape index (κ2) is 5.15. The molecule has 0 saturated heterocycles. The summed E-state index contributed by atoms with van der Waals surface area (Å²) in [5, 5.41) is 0.403. The van der Waals surface area contributed by atoms with Crippen LogP contribution in [-0.4, -0.2) is 4.98 Å². The van der Waals surface area contributed by atoms with E-state index in [-0.39, 0.29) is 12.4 Å². The van der Waals surface area contributed by atoms with Crippen molar-refractivity contribution in [3.63, 3.8) is 0 Å².